The highest BCUT2D eigenvalue weighted by atomic mass is 16.5. The van der Waals surface area contributed by atoms with Gasteiger partial charge in [-0.3, -0.25) is 4.79 Å². The molecule has 1 unspecified atom stereocenters. The standard InChI is InChI=1S/C13H24N2O2/c16-13(7-9-14-11-4-5-11)15-8-6-12-3-1-2-10-17-12/h11-12,14H,1-10H2,(H,15,16). The fraction of sp³-hybridized carbons (Fsp3) is 0.923. The van der Waals surface area contributed by atoms with E-state index in [1.54, 1.807) is 0 Å². The second-order valence-corrected chi connectivity index (χ2v) is 5.11. The zero-order valence-corrected chi connectivity index (χ0v) is 10.5. The average molecular weight is 240 g/mol. The number of hydrogen-bond acceptors (Lipinski definition) is 3. The van der Waals surface area contributed by atoms with Gasteiger partial charge in [-0.05, 0) is 38.5 Å². The van der Waals surface area contributed by atoms with Gasteiger partial charge in [0.05, 0.1) is 6.10 Å². The Morgan fingerprint density at radius 2 is 2.06 bits per heavy atom. The van der Waals surface area contributed by atoms with Gasteiger partial charge in [-0.1, -0.05) is 0 Å². The molecule has 98 valence electrons. The molecule has 2 N–H and O–H groups in total. The van der Waals surface area contributed by atoms with Crippen molar-refractivity contribution in [2.75, 3.05) is 19.7 Å². The highest BCUT2D eigenvalue weighted by Gasteiger charge is 2.20. The topological polar surface area (TPSA) is 50.4 Å². The summed E-state index contributed by atoms with van der Waals surface area (Å²) in [6, 6.07) is 0.693. The van der Waals surface area contributed by atoms with E-state index in [-0.39, 0.29) is 5.91 Å². The maximum Gasteiger partial charge on any atom is 0.221 e. The van der Waals surface area contributed by atoms with Crippen LogP contribution >= 0.6 is 0 Å². The lowest BCUT2D eigenvalue weighted by Gasteiger charge is -2.22. The third-order valence-corrected chi connectivity index (χ3v) is 3.42. The van der Waals surface area contributed by atoms with Crippen molar-refractivity contribution >= 4 is 5.91 Å². The van der Waals surface area contributed by atoms with E-state index in [0.29, 0.717) is 18.6 Å². The van der Waals surface area contributed by atoms with Crippen molar-refractivity contribution in [1.29, 1.82) is 0 Å². The Balaban J connectivity index is 1.44. The quantitative estimate of drug-likeness (QED) is 0.703. The summed E-state index contributed by atoms with van der Waals surface area (Å²) >= 11 is 0. The van der Waals surface area contributed by atoms with Crippen LogP contribution in [0.15, 0.2) is 0 Å². The van der Waals surface area contributed by atoms with Gasteiger partial charge in [0.1, 0.15) is 0 Å². The molecule has 1 aliphatic carbocycles. The molecule has 1 saturated carbocycles. The molecule has 0 aromatic rings. The number of nitrogens with one attached hydrogen (secondary N) is 2. The van der Waals surface area contributed by atoms with Gasteiger partial charge in [-0.25, -0.2) is 0 Å². The zero-order valence-electron chi connectivity index (χ0n) is 10.5. The van der Waals surface area contributed by atoms with Gasteiger partial charge in [-0.2, -0.15) is 0 Å². The van der Waals surface area contributed by atoms with E-state index in [4.69, 9.17) is 4.74 Å². The predicted molar refractivity (Wildman–Crippen MR) is 66.9 cm³/mol. The minimum atomic E-state index is 0.161. The predicted octanol–water partition coefficient (Wildman–Crippen LogP) is 1.20. The van der Waals surface area contributed by atoms with Crippen LogP contribution in [0, 0.1) is 0 Å². The number of ether oxygens (including phenoxy) is 1. The van der Waals surface area contributed by atoms with E-state index >= 15 is 0 Å². The monoisotopic (exact) mass is 240 g/mol. The molecule has 17 heavy (non-hydrogen) atoms. The number of carbonyl (C=O) groups excluding carboxylic acids is 1. The molecule has 1 atom stereocenters. The third kappa shape index (κ3) is 5.50. The lowest BCUT2D eigenvalue weighted by atomic mass is 10.1. The molecule has 2 rings (SSSR count). The van der Waals surface area contributed by atoms with Crippen LogP contribution in [-0.4, -0.2) is 37.7 Å². The van der Waals surface area contributed by atoms with Crippen LogP contribution in [0.2, 0.25) is 0 Å². The van der Waals surface area contributed by atoms with Crippen LogP contribution in [0.25, 0.3) is 0 Å². The van der Waals surface area contributed by atoms with Crippen LogP contribution in [0.3, 0.4) is 0 Å². The fourth-order valence-electron chi connectivity index (χ4n) is 2.17. The van der Waals surface area contributed by atoms with Crippen LogP contribution in [0.4, 0.5) is 0 Å². The van der Waals surface area contributed by atoms with E-state index in [1.807, 2.05) is 0 Å². The Bertz CT molecular complexity index is 236. The van der Waals surface area contributed by atoms with Gasteiger partial charge in [0.15, 0.2) is 0 Å². The van der Waals surface area contributed by atoms with Gasteiger partial charge < -0.3 is 15.4 Å². The summed E-state index contributed by atoms with van der Waals surface area (Å²) in [5.41, 5.74) is 0. The first-order valence-corrected chi connectivity index (χ1v) is 6.96. The van der Waals surface area contributed by atoms with Crippen molar-refractivity contribution in [2.45, 2.75) is 57.1 Å². The maximum atomic E-state index is 11.5. The number of rotatable bonds is 7. The van der Waals surface area contributed by atoms with Crippen LogP contribution < -0.4 is 10.6 Å². The normalized spacial score (nSPS) is 24.6. The van der Waals surface area contributed by atoms with Crippen molar-refractivity contribution in [3.05, 3.63) is 0 Å². The summed E-state index contributed by atoms with van der Waals surface area (Å²) in [4.78, 5) is 11.5. The van der Waals surface area contributed by atoms with E-state index in [9.17, 15) is 4.79 Å². The highest BCUT2D eigenvalue weighted by molar-refractivity contribution is 5.76. The first-order valence-electron chi connectivity index (χ1n) is 6.96. The lowest BCUT2D eigenvalue weighted by molar-refractivity contribution is -0.121. The zero-order chi connectivity index (χ0) is 11.9. The summed E-state index contributed by atoms with van der Waals surface area (Å²) in [6.07, 6.45) is 8.10. The van der Waals surface area contributed by atoms with Gasteiger partial charge >= 0.3 is 0 Å². The molecular formula is C13H24N2O2. The Labute approximate surface area is 103 Å². The van der Waals surface area contributed by atoms with Crippen molar-refractivity contribution in [1.82, 2.24) is 10.6 Å². The molecule has 0 aromatic carbocycles. The first kappa shape index (κ1) is 12.8. The molecule has 2 fully saturated rings. The summed E-state index contributed by atoms with van der Waals surface area (Å²) < 4.78 is 5.62. The van der Waals surface area contributed by atoms with E-state index in [1.165, 1.54) is 25.7 Å². The minimum Gasteiger partial charge on any atom is -0.378 e. The van der Waals surface area contributed by atoms with Crippen molar-refractivity contribution in [3.63, 3.8) is 0 Å². The minimum absolute atomic E-state index is 0.161. The fourth-order valence-corrected chi connectivity index (χ4v) is 2.17. The van der Waals surface area contributed by atoms with Crippen molar-refractivity contribution in [3.8, 4) is 0 Å². The van der Waals surface area contributed by atoms with E-state index in [2.05, 4.69) is 10.6 Å². The Kier molecular flexibility index (Phi) is 5.26. The number of amides is 1. The molecule has 1 amide bonds. The Morgan fingerprint density at radius 1 is 1.18 bits per heavy atom. The summed E-state index contributed by atoms with van der Waals surface area (Å²) in [7, 11) is 0. The molecule has 4 heteroatoms. The third-order valence-electron chi connectivity index (χ3n) is 3.42. The van der Waals surface area contributed by atoms with Crippen LogP contribution in [-0.2, 0) is 9.53 Å². The van der Waals surface area contributed by atoms with Gasteiger partial charge in [0.2, 0.25) is 5.91 Å². The molecule has 4 nitrogen and oxygen atoms in total. The molecule has 0 spiro atoms. The largest absolute Gasteiger partial charge is 0.378 e. The van der Waals surface area contributed by atoms with Gasteiger partial charge in [-0.15, -0.1) is 0 Å². The Hall–Kier alpha value is -0.610. The molecule has 2 aliphatic rings. The smallest absolute Gasteiger partial charge is 0.221 e. The van der Waals surface area contributed by atoms with Gasteiger partial charge in [0.25, 0.3) is 0 Å². The molecule has 0 radical (unpaired) electrons. The van der Waals surface area contributed by atoms with Crippen molar-refractivity contribution < 1.29 is 9.53 Å². The molecule has 1 saturated heterocycles. The van der Waals surface area contributed by atoms with Crippen molar-refractivity contribution in [2.24, 2.45) is 0 Å². The molecule has 0 bridgehead atoms. The molecule has 0 aromatic heterocycles. The molecule has 1 heterocycles. The molecular weight excluding hydrogens is 216 g/mol. The summed E-state index contributed by atoms with van der Waals surface area (Å²) in [5, 5.41) is 6.31. The average Bonchev–Trinajstić information content (AvgIpc) is 3.14. The first-order chi connectivity index (χ1) is 8.34. The second-order valence-electron chi connectivity index (χ2n) is 5.11. The maximum absolute atomic E-state index is 11.5. The van der Waals surface area contributed by atoms with E-state index in [0.717, 1.165) is 32.5 Å². The Morgan fingerprint density at radius 3 is 2.76 bits per heavy atom. The number of carbonyl (C=O) groups is 1. The second kappa shape index (κ2) is 6.97. The lowest BCUT2D eigenvalue weighted by Crippen LogP contribution is -2.31. The van der Waals surface area contributed by atoms with Crippen LogP contribution in [0.5, 0.6) is 0 Å². The molecule has 1 aliphatic heterocycles. The highest BCUT2D eigenvalue weighted by Crippen LogP contribution is 2.18. The summed E-state index contributed by atoms with van der Waals surface area (Å²) in [5.74, 6) is 0.161. The number of hydrogen-bond donors (Lipinski definition) is 2. The van der Waals surface area contributed by atoms with E-state index < -0.39 is 0 Å². The van der Waals surface area contributed by atoms with Crippen LogP contribution in [0.1, 0.15) is 44.9 Å². The SMILES string of the molecule is O=C(CCNC1CC1)NCCC1CCCCO1. The summed E-state index contributed by atoms with van der Waals surface area (Å²) in [6.45, 7) is 2.47. The van der Waals surface area contributed by atoms with Gasteiger partial charge in [0, 0.05) is 32.2 Å².